The van der Waals surface area contributed by atoms with E-state index >= 15 is 0 Å². The first-order valence-electron chi connectivity index (χ1n) is 7.51. The molecule has 2 heterocycles. The Morgan fingerprint density at radius 3 is 2.87 bits per heavy atom. The van der Waals surface area contributed by atoms with Gasteiger partial charge in [0.15, 0.2) is 0 Å². The summed E-state index contributed by atoms with van der Waals surface area (Å²) in [7, 11) is 0. The molecule has 1 saturated heterocycles. The zero-order valence-electron chi connectivity index (χ0n) is 12.5. The fraction of sp³-hybridized carbons (Fsp3) is 0.294. The number of rotatable bonds is 4. The zero-order valence-corrected chi connectivity index (χ0v) is 13.4. The van der Waals surface area contributed by atoms with Gasteiger partial charge in [-0.2, -0.15) is 0 Å². The summed E-state index contributed by atoms with van der Waals surface area (Å²) in [6.07, 6.45) is 0.973. The van der Waals surface area contributed by atoms with Crippen molar-refractivity contribution in [1.82, 2.24) is 10.2 Å². The lowest BCUT2D eigenvalue weighted by atomic mass is 10.2. The van der Waals surface area contributed by atoms with Crippen LogP contribution in [-0.4, -0.2) is 36.3 Å². The summed E-state index contributed by atoms with van der Waals surface area (Å²) in [6.45, 7) is 1.22. The maximum atomic E-state index is 13.8. The van der Waals surface area contributed by atoms with E-state index in [2.05, 4.69) is 5.32 Å². The molecule has 1 aliphatic heterocycles. The average Bonchev–Trinajstić information content (AvgIpc) is 3.02. The molecule has 4 nitrogen and oxygen atoms in total. The van der Waals surface area contributed by atoms with Gasteiger partial charge in [0.1, 0.15) is 5.82 Å². The molecule has 0 spiro atoms. The number of hydrogen-bond donors (Lipinski definition) is 1. The van der Waals surface area contributed by atoms with Crippen molar-refractivity contribution in [1.29, 1.82) is 0 Å². The monoisotopic (exact) mass is 332 g/mol. The number of aryl methyl sites for hydroxylation is 1. The maximum absolute atomic E-state index is 13.8. The van der Waals surface area contributed by atoms with Gasteiger partial charge < -0.3 is 10.2 Å². The lowest BCUT2D eigenvalue weighted by molar-refractivity contribution is -0.138. The molecule has 120 valence electrons. The van der Waals surface area contributed by atoms with Gasteiger partial charge in [0.05, 0.1) is 6.54 Å². The van der Waals surface area contributed by atoms with E-state index in [9.17, 15) is 14.0 Å². The van der Waals surface area contributed by atoms with E-state index in [0.717, 1.165) is 9.75 Å². The van der Waals surface area contributed by atoms with E-state index in [-0.39, 0.29) is 24.2 Å². The summed E-state index contributed by atoms with van der Waals surface area (Å²) in [4.78, 5) is 26.9. The molecule has 0 atom stereocenters. The van der Waals surface area contributed by atoms with Crippen molar-refractivity contribution >= 4 is 23.2 Å². The summed E-state index contributed by atoms with van der Waals surface area (Å²) < 4.78 is 13.8. The Labute approximate surface area is 137 Å². The molecule has 0 radical (unpaired) electrons. The molecule has 1 aromatic heterocycles. The molecule has 23 heavy (non-hydrogen) atoms. The summed E-state index contributed by atoms with van der Waals surface area (Å²) >= 11 is 1.50. The molecule has 1 fully saturated rings. The van der Waals surface area contributed by atoms with E-state index in [1.54, 1.807) is 17.0 Å². The predicted molar refractivity (Wildman–Crippen MR) is 87.6 cm³/mol. The van der Waals surface area contributed by atoms with Crippen LogP contribution < -0.4 is 5.32 Å². The number of carbonyl (C=O) groups excluding carboxylic acids is 2. The summed E-state index contributed by atoms with van der Waals surface area (Å²) in [5, 5.41) is 2.70. The normalized spacial score (nSPS) is 14.7. The number of piperazine rings is 1. The van der Waals surface area contributed by atoms with Crippen LogP contribution in [0.5, 0.6) is 0 Å². The van der Waals surface area contributed by atoms with E-state index < -0.39 is 0 Å². The standard InChI is InChI=1S/C17H17FN2O2S/c18-14-4-2-1-3-13(14)15-7-5-12(23-15)6-8-17(22)20-10-9-19-16(21)11-20/h1-5,7H,6,8-11H2,(H,19,21). The van der Waals surface area contributed by atoms with Gasteiger partial charge >= 0.3 is 0 Å². The lowest BCUT2D eigenvalue weighted by Gasteiger charge is -2.26. The van der Waals surface area contributed by atoms with Crippen molar-refractivity contribution < 1.29 is 14.0 Å². The first-order chi connectivity index (χ1) is 11.1. The number of carbonyl (C=O) groups is 2. The number of halogens is 1. The van der Waals surface area contributed by atoms with Gasteiger partial charge in [-0.25, -0.2) is 4.39 Å². The third kappa shape index (κ3) is 3.76. The second-order valence-electron chi connectivity index (χ2n) is 5.41. The molecule has 1 aliphatic rings. The number of hydrogen-bond acceptors (Lipinski definition) is 3. The highest BCUT2D eigenvalue weighted by Gasteiger charge is 2.20. The summed E-state index contributed by atoms with van der Waals surface area (Å²) in [5.41, 5.74) is 0.586. The van der Waals surface area contributed by atoms with Crippen LogP contribution in [0.15, 0.2) is 36.4 Å². The maximum Gasteiger partial charge on any atom is 0.239 e. The number of nitrogens with zero attached hydrogens (tertiary/aromatic N) is 1. The van der Waals surface area contributed by atoms with Crippen LogP contribution >= 0.6 is 11.3 Å². The van der Waals surface area contributed by atoms with Crippen LogP contribution in [0.2, 0.25) is 0 Å². The zero-order chi connectivity index (χ0) is 16.2. The molecular formula is C17H17FN2O2S. The highest BCUT2D eigenvalue weighted by atomic mass is 32.1. The van der Waals surface area contributed by atoms with E-state index in [0.29, 0.717) is 31.5 Å². The Hall–Kier alpha value is -2.21. The quantitative estimate of drug-likeness (QED) is 0.935. The molecule has 3 rings (SSSR count). The Bertz CT molecular complexity index is 729. The first kappa shape index (κ1) is 15.7. The van der Waals surface area contributed by atoms with Gasteiger partial charge in [-0.1, -0.05) is 18.2 Å². The number of benzene rings is 1. The topological polar surface area (TPSA) is 49.4 Å². The van der Waals surface area contributed by atoms with Crippen molar-refractivity contribution in [2.75, 3.05) is 19.6 Å². The van der Waals surface area contributed by atoms with Gasteiger partial charge in [0.2, 0.25) is 11.8 Å². The van der Waals surface area contributed by atoms with Crippen molar-refractivity contribution in [3.05, 3.63) is 47.1 Å². The smallest absolute Gasteiger partial charge is 0.239 e. The molecule has 6 heteroatoms. The van der Waals surface area contributed by atoms with Crippen molar-refractivity contribution in [3.8, 4) is 10.4 Å². The molecular weight excluding hydrogens is 315 g/mol. The van der Waals surface area contributed by atoms with Crippen LogP contribution in [0.25, 0.3) is 10.4 Å². The molecule has 1 aromatic carbocycles. The van der Waals surface area contributed by atoms with Gasteiger partial charge in [0, 0.05) is 34.8 Å². The largest absolute Gasteiger partial charge is 0.353 e. The Morgan fingerprint density at radius 1 is 1.26 bits per heavy atom. The number of amides is 2. The van der Waals surface area contributed by atoms with Gasteiger partial charge in [0.25, 0.3) is 0 Å². The van der Waals surface area contributed by atoms with E-state index in [1.165, 1.54) is 17.4 Å². The highest BCUT2D eigenvalue weighted by Crippen LogP contribution is 2.30. The SMILES string of the molecule is O=C1CN(C(=O)CCc2ccc(-c3ccccc3F)s2)CCN1. The molecule has 2 amide bonds. The third-order valence-electron chi connectivity index (χ3n) is 3.78. The molecule has 2 aromatic rings. The predicted octanol–water partition coefficient (Wildman–Crippen LogP) is 2.45. The van der Waals surface area contributed by atoms with Crippen LogP contribution in [0.4, 0.5) is 4.39 Å². The minimum atomic E-state index is -0.240. The van der Waals surface area contributed by atoms with Crippen molar-refractivity contribution in [3.63, 3.8) is 0 Å². The molecule has 1 N–H and O–H groups in total. The second-order valence-corrected chi connectivity index (χ2v) is 6.58. The first-order valence-corrected chi connectivity index (χ1v) is 8.33. The van der Waals surface area contributed by atoms with Gasteiger partial charge in [-0.15, -0.1) is 11.3 Å². The van der Waals surface area contributed by atoms with Gasteiger partial charge in [-0.05, 0) is 24.6 Å². The number of nitrogens with one attached hydrogen (secondary N) is 1. The number of thiophene rings is 1. The average molecular weight is 332 g/mol. The molecule has 0 unspecified atom stereocenters. The van der Waals surface area contributed by atoms with Crippen LogP contribution in [0.3, 0.4) is 0 Å². The van der Waals surface area contributed by atoms with E-state index in [4.69, 9.17) is 0 Å². The molecule has 0 bridgehead atoms. The minimum Gasteiger partial charge on any atom is -0.353 e. The van der Waals surface area contributed by atoms with Crippen molar-refractivity contribution in [2.45, 2.75) is 12.8 Å². The third-order valence-corrected chi connectivity index (χ3v) is 4.96. The van der Waals surface area contributed by atoms with Crippen molar-refractivity contribution in [2.24, 2.45) is 0 Å². The Kier molecular flexibility index (Phi) is 4.71. The minimum absolute atomic E-state index is 0.0132. The van der Waals surface area contributed by atoms with Crippen LogP contribution in [0, 0.1) is 5.82 Å². The van der Waals surface area contributed by atoms with Crippen LogP contribution in [0.1, 0.15) is 11.3 Å². The lowest BCUT2D eigenvalue weighted by Crippen LogP contribution is -2.50. The van der Waals surface area contributed by atoms with Gasteiger partial charge in [-0.3, -0.25) is 9.59 Å². The van der Waals surface area contributed by atoms with Crippen LogP contribution in [-0.2, 0) is 16.0 Å². The fourth-order valence-electron chi connectivity index (χ4n) is 2.56. The molecule has 0 aliphatic carbocycles. The second kappa shape index (κ2) is 6.91. The summed E-state index contributed by atoms with van der Waals surface area (Å²) in [6, 6.07) is 10.5. The highest BCUT2D eigenvalue weighted by molar-refractivity contribution is 7.15. The Morgan fingerprint density at radius 2 is 2.09 bits per heavy atom. The van der Waals surface area contributed by atoms with E-state index in [1.807, 2.05) is 18.2 Å². The Balaban J connectivity index is 1.60. The summed E-state index contributed by atoms with van der Waals surface area (Å²) in [5.74, 6) is -0.362. The molecule has 0 saturated carbocycles. The fourth-order valence-corrected chi connectivity index (χ4v) is 3.59.